The predicted octanol–water partition coefficient (Wildman–Crippen LogP) is 7.96. The minimum absolute atomic E-state index is 0.0157. The van der Waals surface area contributed by atoms with E-state index in [0.717, 1.165) is 44.6 Å². The van der Waals surface area contributed by atoms with Crippen molar-refractivity contribution in [3.8, 4) is 0 Å². The average Bonchev–Trinajstić information content (AvgIpc) is 2.89. The summed E-state index contributed by atoms with van der Waals surface area (Å²) < 4.78 is 0. The van der Waals surface area contributed by atoms with E-state index in [9.17, 15) is 9.59 Å². The van der Waals surface area contributed by atoms with Gasteiger partial charge in [0.2, 0.25) is 5.91 Å². The highest BCUT2D eigenvalue weighted by Gasteiger charge is 2.14. The molecular weight excluding hydrogens is 446 g/mol. The zero-order chi connectivity index (χ0) is 26.3. The van der Waals surface area contributed by atoms with E-state index in [1.54, 1.807) is 0 Å². The lowest BCUT2D eigenvalue weighted by molar-refractivity contribution is -0.119. The summed E-state index contributed by atoms with van der Waals surface area (Å²) in [6, 6.07) is 7.44. The van der Waals surface area contributed by atoms with E-state index < -0.39 is 0 Å². The van der Waals surface area contributed by atoms with E-state index in [0.29, 0.717) is 5.56 Å². The molecule has 0 radical (unpaired) electrons. The van der Waals surface area contributed by atoms with E-state index in [1.807, 2.05) is 29.2 Å². The fourth-order valence-electron chi connectivity index (χ4n) is 4.56. The molecule has 0 fully saturated rings. The Kier molecular flexibility index (Phi) is 19.7. The van der Waals surface area contributed by atoms with Crippen LogP contribution >= 0.6 is 0 Å². The van der Waals surface area contributed by atoms with Crippen molar-refractivity contribution in [1.29, 1.82) is 0 Å². The van der Waals surface area contributed by atoms with Crippen LogP contribution in [0, 0.1) is 0 Å². The quantitative estimate of drug-likeness (QED) is 0.150. The molecule has 0 aliphatic carbocycles. The molecule has 1 rings (SSSR count). The third-order valence-corrected chi connectivity index (χ3v) is 6.71. The lowest BCUT2D eigenvalue weighted by Crippen LogP contribution is -2.32. The summed E-state index contributed by atoms with van der Waals surface area (Å²) in [5.41, 5.74) is 1.56. The molecule has 206 valence electrons. The first-order chi connectivity index (χ1) is 17.6. The maximum atomic E-state index is 12.7. The smallest absolute Gasteiger partial charge is 0.253 e. The van der Waals surface area contributed by atoms with Crippen LogP contribution in [0.4, 0.5) is 5.69 Å². The molecule has 0 bridgehead atoms. The molecular formula is C31H55N3O2. The minimum atomic E-state index is 0.0157. The van der Waals surface area contributed by atoms with Crippen LogP contribution in [0.15, 0.2) is 24.3 Å². The van der Waals surface area contributed by atoms with E-state index in [2.05, 4.69) is 31.4 Å². The van der Waals surface area contributed by atoms with Gasteiger partial charge in [-0.25, -0.2) is 0 Å². The van der Waals surface area contributed by atoms with Gasteiger partial charge in [-0.3, -0.25) is 9.59 Å². The van der Waals surface area contributed by atoms with Crippen molar-refractivity contribution in [3.63, 3.8) is 0 Å². The number of nitrogens with zero attached hydrogens (tertiary/aromatic N) is 1. The number of hydrogen-bond donors (Lipinski definition) is 2. The number of nitrogens with one attached hydrogen (secondary N) is 2. The van der Waals surface area contributed by atoms with Crippen LogP contribution in [0.5, 0.6) is 0 Å². The van der Waals surface area contributed by atoms with Crippen LogP contribution in [0.2, 0.25) is 0 Å². The summed E-state index contributed by atoms with van der Waals surface area (Å²) in [6.07, 6.45) is 20.7. The van der Waals surface area contributed by atoms with Crippen molar-refractivity contribution in [2.45, 2.75) is 124 Å². The molecule has 2 N–H and O–H groups in total. The Balaban J connectivity index is 2.03. The Morgan fingerprint density at radius 1 is 0.639 bits per heavy atom. The number of carbonyl (C=O) groups excluding carboxylic acids is 2. The fraction of sp³-hybridized carbons (Fsp3) is 0.742. The molecule has 0 heterocycles. The van der Waals surface area contributed by atoms with Gasteiger partial charge in [-0.2, -0.15) is 0 Å². The van der Waals surface area contributed by atoms with Crippen molar-refractivity contribution < 1.29 is 9.59 Å². The van der Waals surface area contributed by atoms with Crippen molar-refractivity contribution in [2.75, 3.05) is 31.5 Å². The molecule has 0 atom stereocenters. The molecule has 0 saturated carbocycles. The minimum Gasteiger partial charge on any atom is -0.376 e. The third-order valence-electron chi connectivity index (χ3n) is 6.71. The number of unbranched alkanes of at least 4 members (excludes halogenated alkanes) is 13. The van der Waals surface area contributed by atoms with E-state index in [1.165, 1.54) is 83.5 Å². The molecule has 5 heteroatoms. The first kappa shape index (κ1) is 32.0. The van der Waals surface area contributed by atoms with Gasteiger partial charge in [0, 0.05) is 30.9 Å². The second-order valence-electron chi connectivity index (χ2n) is 10.2. The monoisotopic (exact) mass is 501 g/mol. The SMILES string of the molecule is CCCCCCCCCCCCCCCCNC(=O)CNc1ccc(C(=O)N(CCC)CCC)cc1. The molecule has 0 unspecified atom stereocenters. The Hall–Kier alpha value is -2.04. The zero-order valence-electron chi connectivity index (χ0n) is 23.7. The highest BCUT2D eigenvalue weighted by molar-refractivity contribution is 5.94. The highest BCUT2D eigenvalue weighted by atomic mass is 16.2. The van der Waals surface area contributed by atoms with Crippen molar-refractivity contribution in [3.05, 3.63) is 29.8 Å². The normalized spacial score (nSPS) is 10.9. The van der Waals surface area contributed by atoms with Gasteiger partial charge < -0.3 is 15.5 Å². The maximum Gasteiger partial charge on any atom is 0.253 e. The molecule has 1 aromatic carbocycles. The Bertz CT molecular complexity index is 669. The second-order valence-corrected chi connectivity index (χ2v) is 10.2. The zero-order valence-corrected chi connectivity index (χ0v) is 23.7. The molecule has 0 saturated heterocycles. The number of carbonyl (C=O) groups is 2. The summed E-state index contributed by atoms with van der Waals surface area (Å²) in [5.74, 6) is 0.0954. The summed E-state index contributed by atoms with van der Waals surface area (Å²) in [6.45, 7) is 9.02. The first-order valence-electron chi connectivity index (χ1n) is 15.0. The molecule has 2 amide bonds. The van der Waals surface area contributed by atoms with Gasteiger partial charge in [0.1, 0.15) is 0 Å². The summed E-state index contributed by atoms with van der Waals surface area (Å²) in [7, 11) is 0. The summed E-state index contributed by atoms with van der Waals surface area (Å²) in [5, 5.41) is 6.16. The van der Waals surface area contributed by atoms with Crippen LogP contribution in [0.1, 0.15) is 134 Å². The third kappa shape index (κ3) is 15.9. The molecule has 0 aromatic heterocycles. The van der Waals surface area contributed by atoms with Gasteiger partial charge in [-0.05, 0) is 43.5 Å². The van der Waals surface area contributed by atoms with E-state index >= 15 is 0 Å². The standard InChI is InChI=1S/C31H55N3O2/c1-4-7-8-9-10-11-12-13-14-15-16-17-18-19-24-32-30(35)27-33-29-22-20-28(21-23-29)31(36)34(25-5-2)26-6-3/h20-23,33H,4-19,24-27H2,1-3H3,(H,32,35). The molecule has 0 aliphatic rings. The van der Waals surface area contributed by atoms with Crippen LogP contribution in [-0.2, 0) is 4.79 Å². The van der Waals surface area contributed by atoms with Crippen LogP contribution in [-0.4, -0.2) is 42.9 Å². The average molecular weight is 502 g/mol. The number of anilines is 1. The highest BCUT2D eigenvalue weighted by Crippen LogP contribution is 2.14. The fourth-order valence-corrected chi connectivity index (χ4v) is 4.56. The van der Waals surface area contributed by atoms with Crippen molar-refractivity contribution in [2.24, 2.45) is 0 Å². The lowest BCUT2D eigenvalue weighted by Gasteiger charge is -2.21. The van der Waals surface area contributed by atoms with Crippen LogP contribution in [0.25, 0.3) is 0 Å². The maximum absolute atomic E-state index is 12.7. The lowest BCUT2D eigenvalue weighted by atomic mass is 10.0. The summed E-state index contributed by atoms with van der Waals surface area (Å²) in [4.78, 5) is 26.7. The molecule has 36 heavy (non-hydrogen) atoms. The topological polar surface area (TPSA) is 61.4 Å². The number of benzene rings is 1. The van der Waals surface area contributed by atoms with Gasteiger partial charge in [-0.1, -0.05) is 104 Å². The first-order valence-corrected chi connectivity index (χ1v) is 15.0. The molecule has 5 nitrogen and oxygen atoms in total. The van der Waals surface area contributed by atoms with Gasteiger partial charge in [0.15, 0.2) is 0 Å². The number of amides is 2. The predicted molar refractivity (Wildman–Crippen MR) is 155 cm³/mol. The second kappa shape index (κ2) is 22.2. The number of hydrogen-bond acceptors (Lipinski definition) is 3. The number of rotatable bonds is 23. The van der Waals surface area contributed by atoms with Gasteiger partial charge >= 0.3 is 0 Å². The molecule has 0 aliphatic heterocycles. The Morgan fingerprint density at radius 2 is 1.11 bits per heavy atom. The van der Waals surface area contributed by atoms with Crippen LogP contribution in [0.3, 0.4) is 0 Å². The van der Waals surface area contributed by atoms with Gasteiger partial charge in [-0.15, -0.1) is 0 Å². The van der Waals surface area contributed by atoms with E-state index in [4.69, 9.17) is 0 Å². The van der Waals surface area contributed by atoms with E-state index in [-0.39, 0.29) is 18.4 Å². The van der Waals surface area contributed by atoms with Crippen molar-refractivity contribution in [1.82, 2.24) is 10.2 Å². The summed E-state index contributed by atoms with van der Waals surface area (Å²) >= 11 is 0. The van der Waals surface area contributed by atoms with Crippen molar-refractivity contribution >= 4 is 17.5 Å². The largest absolute Gasteiger partial charge is 0.376 e. The van der Waals surface area contributed by atoms with Gasteiger partial charge in [0.25, 0.3) is 5.91 Å². The Labute approximate surface area is 222 Å². The van der Waals surface area contributed by atoms with Crippen LogP contribution < -0.4 is 10.6 Å². The Morgan fingerprint density at radius 3 is 1.58 bits per heavy atom. The molecule has 0 spiro atoms. The molecule has 1 aromatic rings. The van der Waals surface area contributed by atoms with Gasteiger partial charge in [0.05, 0.1) is 6.54 Å².